The van der Waals surface area contributed by atoms with Gasteiger partial charge < -0.3 is 10.6 Å². The molecule has 1 aromatic rings. The first-order valence-corrected chi connectivity index (χ1v) is 7.34. The number of hydrogen-bond donors (Lipinski definition) is 2. The summed E-state index contributed by atoms with van der Waals surface area (Å²) in [4.78, 5) is 12.4. The molecule has 1 fully saturated rings. The molecule has 2 aliphatic rings. The number of rotatable bonds is 2. The fourth-order valence-electron chi connectivity index (χ4n) is 3.29. The lowest BCUT2D eigenvalue weighted by molar-refractivity contribution is -0.125. The molecule has 1 aliphatic carbocycles. The molecule has 2 N–H and O–H groups in total. The van der Waals surface area contributed by atoms with Crippen LogP contribution in [0.1, 0.15) is 30.9 Å². The van der Waals surface area contributed by atoms with Crippen molar-refractivity contribution < 1.29 is 4.79 Å². The third kappa shape index (κ3) is 2.66. The summed E-state index contributed by atoms with van der Waals surface area (Å²) < 4.78 is 0. The van der Waals surface area contributed by atoms with Gasteiger partial charge in [0, 0.05) is 18.0 Å². The van der Waals surface area contributed by atoms with E-state index in [9.17, 15) is 4.79 Å². The second kappa shape index (κ2) is 5.33. The van der Waals surface area contributed by atoms with Gasteiger partial charge in [-0.2, -0.15) is 0 Å². The first kappa shape index (κ1) is 12.7. The van der Waals surface area contributed by atoms with Crippen molar-refractivity contribution in [1.82, 2.24) is 10.6 Å². The fourth-order valence-corrected chi connectivity index (χ4v) is 3.29. The number of carbonyl (C=O) groups excluding carboxylic acids is 1. The number of amides is 1. The lowest BCUT2D eigenvalue weighted by Crippen LogP contribution is -2.53. The van der Waals surface area contributed by atoms with E-state index in [-0.39, 0.29) is 11.8 Å². The summed E-state index contributed by atoms with van der Waals surface area (Å²) in [5.74, 6) is 0.364. The van der Waals surface area contributed by atoms with Crippen LogP contribution in [0.2, 0.25) is 0 Å². The van der Waals surface area contributed by atoms with Gasteiger partial charge in [-0.25, -0.2) is 0 Å². The highest BCUT2D eigenvalue weighted by Gasteiger charge is 2.30. The first-order valence-electron chi connectivity index (χ1n) is 7.34. The SMILES string of the molecule is CC1NCCCC1NC(=O)C1Cc2ccccc2C1. The highest BCUT2D eigenvalue weighted by molar-refractivity contribution is 5.80. The minimum Gasteiger partial charge on any atom is -0.352 e. The summed E-state index contributed by atoms with van der Waals surface area (Å²) in [5.41, 5.74) is 2.69. The molecule has 1 saturated heterocycles. The van der Waals surface area contributed by atoms with E-state index >= 15 is 0 Å². The van der Waals surface area contributed by atoms with Gasteiger partial charge in [0.15, 0.2) is 0 Å². The van der Waals surface area contributed by atoms with E-state index < -0.39 is 0 Å². The van der Waals surface area contributed by atoms with Crippen LogP contribution >= 0.6 is 0 Å². The Labute approximate surface area is 114 Å². The molecule has 19 heavy (non-hydrogen) atoms. The fraction of sp³-hybridized carbons (Fsp3) is 0.562. The summed E-state index contributed by atoms with van der Waals surface area (Å²) in [7, 11) is 0. The van der Waals surface area contributed by atoms with Crippen molar-refractivity contribution in [3.05, 3.63) is 35.4 Å². The molecule has 0 bridgehead atoms. The van der Waals surface area contributed by atoms with Gasteiger partial charge in [0.2, 0.25) is 5.91 Å². The zero-order valence-electron chi connectivity index (χ0n) is 11.5. The molecule has 1 amide bonds. The zero-order valence-corrected chi connectivity index (χ0v) is 11.5. The van der Waals surface area contributed by atoms with Gasteiger partial charge in [0.05, 0.1) is 0 Å². The molecular formula is C16H22N2O. The summed E-state index contributed by atoms with van der Waals surface area (Å²) in [5, 5.41) is 6.67. The van der Waals surface area contributed by atoms with Gasteiger partial charge in [0.1, 0.15) is 0 Å². The molecule has 0 aromatic heterocycles. The molecule has 3 rings (SSSR count). The Morgan fingerprint density at radius 3 is 2.58 bits per heavy atom. The maximum Gasteiger partial charge on any atom is 0.224 e. The number of carbonyl (C=O) groups is 1. The van der Waals surface area contributed by atoms with Crippen LogP contribution in [0.15, 0.2) is 24.3 Å². The van der Waals surface area contributed by atoms with Crippen LogP contribution in [-0.4, -0.2) is 24.5 Å². The maximum absolute atomic E-state index is 12.4. The Hall–Kier alpha value is -1.35. The Balaban J connectivity index is 1.60. The molecule has 3 heteroatoms. The van der Waals surface area contributed by atoms with Gasteiger partial charge in [-0.3, -0.25) is 4.79 Å². The number of nitrogens with one attached hydrogen (secondary N) is 2. The Morgan fingerprint density at radius 2 is 1.95 bits per heavy atom. The van der Waals surface area contributed by atoms with Crippen LogP contribution in [0.25, 0.3) is 0 Å². The largest absolute Gasteiger partial charge is 0.352 e. The van der Waals surface area contributed by atoms with E-state index in [1.807, 2.05) is 0 Å². The Kier molecular flexibility index (Phi) is 3.56. The van der Waals surface area contributed by atoms with Gasteiger partial charge in [-0.05, 0) is 50.3 Å². The van der Waals surface area contributed by atoms with Gasteiger partial charge >= 0.3 is 0 Å². The van der Waals surface area contributed by atoms with Crippen molar-refractivity contribution in [1.29, 1.82) is 0 Å². The molecule has 0 spiro atoms. The van der Waals surface area contributed by atoms with Crippen molar-refractivity contribution in [2.24, 2.45) is 5.92 Å². The number of hydrogen-bond acceptors (Lipinski definition) is 2. The van der Waals surface area contributed by atoms with Crippen molar-refractivity contribution in [3.63, 3.8) is 0 Å². The minimum absolute atomic E-state index is 0.131. The maximum atomic E-state index is 12.4. The minimum atomic E-state index is 0.131. The summed E-state index contributed by atoms with van der Waals surface area (Å²) in [6.45, 7) is 3.23. The van der Waals surface area contributed by atoms with Crippen LogP contribution in [-0.2, 0) is 17.6 Å². The highest BCUT2D eigenvalue weighted by atomic mass is 16.2. The predicted molar refractivity (Wildman–Crippen MR) is 76.0 cm³/mol. The molecule has 2 atom stereocenters. The Morgan fingerprint density at radius 1 is 1.26 bits per heavy atom. The van der Waals surface area contributed by atoms with Crippen molar-refractivity contribution in [2.45, 2.75) is 44.7 Å². The van der Waals surface area contributed by atoms with Crippen LogP contribution in [0.3, 0.4) is 0 Å². The van der Waals surface area contributed by atoms with E-state index in [1.165, 1.54) is 11.1 Å². The lowest BCUT2D eigenvalue weighted by atomic mass is 9.98. The standard InChI is InChI=1S/C16H22N2O/c1-11-15(7-4-8-17-11)18-16(19)14-9-12-5-2-3-6-13(12)10-14/h2-3,5-6,11,14-15,17H,4,7-10H2,1H3,(H,18,19). The van der Waals surface area contributed by atoms with Crippen LogP contribution < -0.4 is 10.6 Å². The average Bonchev–Trinajstić information content (AvgIpc) is 2.85. The topological polar surface area (TPSA) is 41.1 Å². The molecular weight excluding hydrogens is 236 g/mol. The molecule has 3 nitrogen and oxygen atoms in total. The third-order valence-electron chi connectivity index (χ3n) is 4.51. The normalized spacial score (nSPS) is 27.0. The molecule has 1 aromatic carbocycles. The molecule has 0 saturated carbocycles. The lowest BCUT2D eigenvalue weighted by Gasteiger charge is -2.31. The number of benzene rings is 1. The van der Waals surface area contributed by atoms with Crippen LogP contribution in [0, 0.1) is 5.92 Å². The molecule has 1 heterocycles. The van der Waals surface area contributed by atoms with Crippen molar-refractivity contribution in [2.75, 3.05) is 6.54 Å². The molecule has 1 aliphatic heterocycles. The summed E-state index contributed by atoms with van der Waals surface area (Å²) >= 11 is 0. The monoisotopic (exact) mass is 258 g/mol. The number of fused-ring (bicyclic) bond motifs is 1. The molecule has 0 radical (unpaired) electrons. The van der Waals surface area contributed by atoms with Crippen molar-refractivity contribution >= 4 is 5.91 Å². The second-order valence-corrected chi connectivity index (χ2v) is 5.87. The van der Waals surface area contributed by atoms with Gasteiger partial charge in [-0.15, -0.1) is 0 Å². The van der Waals surface area contributed by atoms with Gasteiger partial charge in [-0.1, -0.05) is 24.3 Å². The predicted octanol–water partition coefficient (Wildman–Crippen LogP) is 1.66. The van der Waals surface area contributed by atoms with E-state index in [2.05, 4.69) is 41.8 Å². The smallest absolute Gasteiger partial charge is 0.224 e. The van der Waals surface area contributed by atoms with E-state index in [0.717, 1.165) is 32.2 Å². The van der Waals surface area contributed by atoms with Gasteiger partial charge in [0.25, 0.3) is 0 Å². The highest BCUT2D eigenvalue weighted by Crippen LogP contribution is 2.26. The quantitative estimate of drug-likeness (QED) is 0.847. The van der Waals surface area contributed by atoms with Crippen LogP contribution in [0.5, 0.6) is 0 Å². The van der Waals surface area contributed by atoms with E-state index in [4.69, 9.17) is 0 Å². The third-order valence-corrected chi connectivity index (χ3v) is 4.51. The molecule has 102 valence electrons. The average molecular weight is 258 g/mol. The van der Waals surface area contributed by atoms with Crippen molar-refractivity contribution in [3.8, 4) is 0 Å². The second-order valence-electron chi connectivity index (χ2n) is 5.87. The molecule has 2 unspecified atom stereocenters. The van der Waals surface area contributed by atoms with Crippen LogP contribution in [0.4, 0.5) is 0 Å². The first-order chi connectivity index (χ1) is 9.24. The van der Waals surface area contributed by atoms with E-state index in [1.54, 1.807) is 0 Å². The number of piperidine rings is 1. The summed E-state index contributed by atoms with van der Waals surface area (Å²) in [6, 6.07) is 9.10. The summed E-state index contributed by atoms with van der Waals surface area (Å²) in [6.07, 6.45) is 4.05. The zero-order chi connectivity index (χ0) is 13.2. The van der Waals surface area contributed by atoms with E-state index in [0.29, 0.717) is 12.1 Å². The Bertz CT molecular complexity index is 447.